The first-order chi connectivity index (χ1) is 10.7. The maximum absolute atomic E-state index is 12.2. The maximum atomic E-state index is 12.2. The molecule has 1 saturated heterocycles. The van der Waals surface area contributed by atoms with Gasteiger partial charge in [0.2, 0.25) is 10.0 Å². The lowest BCUT2D eigenvalue weighted by molar-refractivity contribution is -0.132. The molecular weight excluding hydrogens is 333 g/mol. The molecule has 0 aliphatic carbocycles. The molecule has 1 rings (SSSR count). The lowest BCUT2D eigenvalue weighted by Crippen LogP contribution is -2.50. The van der Waals surface area contributed by atoms with Crippen LogP contribution in [-0.4, -0.2) is 62.8 Å². The van der Waals surface area contributed by atoms with Crippen molar-refractivity contribution in [2.75, 3.05) is 31.9 Å². The largest absolute Gasteiger partial charge is 0.390 e. The Balaban J connectivity index is 2.51. The lowest BCUT2D eigenvalue weighted by atomic mass is 10.1. The first-order valence-corrected chi connectivity index (χ1v) is 9.38. The highest BCUT2D eigenvalue weighted by atomic mass is 32.2. The van der Waals surface area contributed by atoms with Gasteiger partial charge >= 0.3 is 6.18 Å². The van der Waals surface area contributed by atoms with Crippen LogP contribution in [0.5, 0.6) is 0 Å². The molecule has 0 radical (unpaired) electrons. The monoisotopic (exact) mass is 358 g/mol. The summed E-state index contributed by atoms with van der Waals surface area (Å²) in [5.74, 6) is 0.417. The third-order valence-corrected chi connectivity index (χ3v) is 5.44. The molecule has 10 heteroatoms. The van der Waals surface area contributed by atoms with E-state index in [9.17, 15) is 21.6 Å². The van der Waals surface area contributed by atoms with Crippen LogP contribution in [-0.2, 0) is 10.0 Å². The second-order valence-corrected chi connectivity index (χ2v) is 7.60. The Morgan fingerprint density at radius 2 is 1.87 bits per heavy atom. The zero-order chi connectivity index (χ0) is 17.5. The van der Waals surface area contributed by atoms with Crippen molar-refractivity contribution in [2.24, 2.45) is 4.99 Å². The van der Waals surface area contributed by atoms with E-state index in [0.717, 1.165) is 0 Å². The topological polar surface area (TPSA) is 73.8 Å². The normalized spacial score (nSPS) is 18.9. The van der Waals surface area contributed by atoms with Gasteiger partial charge in [-0.3, -0.25) is 4.99 Å². The number of hydrogen-bond acceptors (Lipinski definition) is 3. The van der Waals surface area contributed by atoms with Crippen molar-refractivity contribution in [3.05, 3.63) is 0 Å². The van der Waals surface area contributed by atoms with Crippen molar-refractivity contribution in [1.29, 1.82) is 0 Å². The summed E-state index contributed by atoms with van der Waals surface area (Å²) in [6, 6.07) is 0.00185. The molecule has 0 unspecified atom stereocenters. The van der Waals surface area contributed by atoms with Crippen LogP contribution in [0.25, 0.3) is 0 Å². The molecule has 0 aromatic rings. The number of guanidine groups is 1. The highest BCUT2D eigenvalue weighted by molar-refractivity contribution is 7.89. The molecule has 136 valence electrons. The van der Waals surface area contributed by atoms with Gasteiger partial charge in [-0.05, 0) is 26.7 Å². The Morgan fingerprint density at radius 1 is 1.26 bits per heavy atom. The van der Waals surface area contributed by atoms with Crippen molar-refractivity contribution in [1.82, 2.24) is 14.9 Å². The van der Waals surface area contributed by atoms with Crippen LogP contribution in [0.3, 0.4) is 0 Å². The molecule has 0 aromatic heterocycles. The van der Waals surface area contributed by atoms with Crippen molar-refractivity contribution in [3.8, 4) is 0 Å². The Morgan fingerprint density at radius 3 is 2.35 bits per heavy atom. The average molecular weight is 358 g/mol. The smallest absolute Gasteiger partial charge is 0.357 e. The molecule has 0 amide bonds. The fourth-order valence-corrected chi connectivity index (χ4v) is 3.40. The molecule has 0 spiro atoms. The van der Waals surface area contributed by atoms with Crippen LogP contribution >= 0.6 is 0 Å². The van der Waals surface area contributed by atoms with Crippen LogP contribution < -0.4 is 10.6 Å². The lowest BCUT2D eigenvalue weighted by Gasteiger charge is -2.32. The molecule has 23 heavy (non-hydrogen) atoms. The van der Waals surface area contributed by atoms with Gasteiger partial charge in [-0.25, -0.2) is 12.7 Å². The number of nitrogens with zero attached hydrogens (tertiary/aromatic N) is 2. The van der Waals surface area contributed by atoms with E-state index in [2.05, 4.69) is 15.6 Å². The Bertz CT molecular complexity index is 486. The molecule has 1 aliphatic heterocycles. The van der Waals surface area contributed by atoms with E-state index in [-0.39, 0.29) is 18.3 Å². The maximum Gasteiger partial charge on any atom is 0.390 e. The number of piperidine rings is 1. The molecule has 0 saturated carbocycles. The number of aliphatic imine (C=N–C) groups is 1. The zero-order valence-corrected chi connectivity index (χ0v) is 14.3. The number of hydrogen-bond donors (Lipinski definition) is 2. The molecule has 6 nitrogen and oxygen atoms in total. The Hall–Kier alpha value is -1.03. The highest BCUT2D eigenvalue weighted by Crippen LogP contribution is 2.19. The summed E-state index contributed by atoms with van der Waals surface area (Å²) in [6.45, 7) is 4.47. The van der Waals surface area contributed by atoms with Crippen LogP contribution in [0, 0.1) is 0 Å². The van der Waals surface area contributed by atoms with Crippen molar-refractivity contribution in [2.45, 2.75) is 45.3 Å². The standard InChI is InChI=1S/C13H25F3N4O2S/c1-3-17-12(18-8-7-13(14,15)16)19-11-5-9-20(10-6-11)23(21,22)4-2/h11H,3-10H2,1-2H3,(H2,17,18,19). The molecule has 1 fully saturated rings. The van der Waals surface area contributed by atoms with Crippen molar-refractivity contribution in [3.63, 3.8) is 0 Å². The molecule has 1 aliphatic rings. The van der Waals surface area contributed by atoms with Gasteiger partial charge in [-0.1, -0.05) is 0 Å². The van der Waals surface area contributed by atoms with E-state index >= 15 is 0 Å². The van der Waals surface area contributed by atoms with Gasteiger partial charge in [0.25, 0.3) is 0 Å². The molecule has 2 N–H and O–H groups in total. The summed E-state index contributed by atoms with van der Waals surface area (Å²) in [6.07, 6.45) is -3.98. The third-order valence-electron chi connectivity index (χ3n) is 3.56. The summed E-state index contributed by atoms with van der Waals surface area (Å²) in [5.41, 5.74) is 0. The van der Waals surface area contributed by atoms with Gasteiger partial charge in [-0.15, -0.1) is 0 Å². The first-order valence-electron chi connectivity index (χ1n) is 7.77. The Labute approximate surface area is 135 Å². The van der Waals surface area contributed by atoms with E-state index in [4.69, 9.17) is 0 Å². The predicted octanol–water partition coefficient (Wildman–Crippen LogP) is 1.31. The van der Waals surface area contributed by atoms with Crippen LogP contribution in [0.2, 0.25) is 0 Å². The van der Waals surface area contributed by atoms with Crippen LogP contribution in [0.4, 0.5) is 13.2 Å². The Kier molecular flexibility index (Phi) is 7.59. The van der Waals surface area contributed by atoms with Gasteiger partial charge in [0, 0.05) is 25.7 Å². The van der Waals surface area contributed by atoms with Gasteiger partial charge in [0.1, 0.15) is 0 Å². The van der Waals surface area contributed by atoms with Gasteiger partial charge in [0.15, 0.2) is 5.96 Å². The van der Waals surface area contributed by atoms with Crippen molar-refractivity contribution >= 4 is 16.0 Å². The average Bonchev–Trinajstić information content (AvgIpc) is 2.46. The summed E-state index contributed by atoms with van der Waals surface area (Å²) < 4.78 is 61.5. The third kappa shape index (κ3) is 7.38. The van der Waals surface area contributed by atoms with Gasteiger partial charge in [-0.2, -0.15) is 13.2 Å². The molecule has 0 aromatic carbocycles. The minimum atomic E-state index is -4.22. The van der Waals surface area contributed by atoms with E-state index in [1.807, 2.05) is 6.92 Å². The highest BCUT2D eigenvalue weighted by Gasteiger charge is 2.28. The summed E-state index contributed by atoms with van der Waals surface area (Å²) in [4.78, 5) is 3.92. The van der Waals surface area contributed by atoms with E-state index in [1.54, 1.807) is 6.92 Å². The summed E-state index contributed by atoms with van der Waals surface area (Å²) in [5, 5.41) is 5.99. The SMILES string of the molecule is CCNC(=NCCC(F)(F)F)NC1CCN(S(=O)(=O)CC)CC1. The fourth-order valence-electron chi connectivity index (χ4n) is 2.27. The van der Waals surface area contributed by atoms with E-state index in [1.165, 1.54) is 4.31 Å². The number of alkyl halides is 3. The predicted molar refractivity (Wildman–Crippen MR) is 83.8 cm³/mol. The first kappa shape index (κ1) is 20.0. The summed E-state index contributed by atoms with van der Waals surface area (Å²) >= 11 is 0. The molecule has 0 atom stereocenters. The minimum Gasteiger partial charge on any atom is -0.357 e. The molecule has 0 bridgehead atoms. The second kappa shape index (κ2) is 8.72. The van der Waals surface area contributed by atoms with Gasteiger partial charge in [0.05, 0.1) is 18.7 Å². The summed E-state index contributed by atoms with van der Waals surface area (Å²) in [7, 11) is -3.18. The van der Waals surface area contributed by atoms with E-state index in [0.29, 0.717) is 38.4 Å². The number of rotatable bonds is 6. The van der Waals surface area contributed by atoms with Crippen molar-refractivity contribution < 1.29 is 21.6 Å². The fraction of sp³-hybridized carbons (Fsp3) is 0.923. The van der Waals surface area contributed by atoms with Crippen LogP contribution in [0.1, 0.15) is 33.1 Å². The number of sulfonamides is 1. The van der Waals surface area contributed by atoms with Crippen LogP contribution in [0.15, 0.2) is 4.99 Å². The molecule has 1 heterocycles. The van der Waals surface area contributed by atoms with Gasteiger partial charge < -0.3 is 10.6 Å². The quantitative estimate of drug-likeness (QED) is 0.555. The zero-order valence-electron chi connectivity index (χ0n) is 13.5. The van der Waals surface area contributed by atoms with E-state index < -0.39 is 22.6 Å². The number of halogens is 3. The number of nitrogens with one attached hydrogen (secondary N) is 2. The second-order valence-electron chi connectivity index (χ2n) is 5.34. The minimum absolute atomic E-state index is 0.00185. The molecular formula is C13H25F3N4O2S.